The summed E-state index contributed by atoms with van der Waals surface area (Å²) in [5.41, 5.74) is 0.639. The molecule has 2 N–H and O–H groups in total. The van der Waals surface area contributed by atoms with Gasteiger partial charge in [0.05, 0.1) is 6.54 Å². The minimum Gasteiger partial charge on any atom is -0.434 e. The van der Waals surface area contributed by atoms with Crippen molar-refractivity contribution in [2.75, 3.05) is 32.7 Å². The number of alkyl halides is 2. The van der Waals surface area contributed by atoms with Gasteiger partial charge in [0.25, 0.3) is 0 Å². The third-order valence-electron chi connectivity index (χ3n) is 4.41. The van der Waals surface area contributed by atoms with Gasteiger partial charge in [0.15, 0.2) is 5.96 Å². The monoisotopic (exact) mass is 496 g/mol. The fourth-order valence-electron chi connectivity index (χ4n) is 3.19. The molecule has 0 bridgehead atoms. The molecule has 1 heterocycles. The number of guanidine groups is 1. The Morgan fingerprint density at radius 2 is 2.07 bits per heavy atom. The van der Waals surface area contributed by atoms with Crippen LogP contribution in [0.25, 0.3) is 0 Å². The maximum absolute atomic E-state index is 12.5. The van der Waals surface area contributed by atoms with Gasteiger partial charge in [-0.1, -0.05) is 25.1 Å². The Labute approximate surface area is 178 Å². The van der Waals surface area contributed by atoms with Crippen LogP contribution in [0.1, 0.15) is 32.3 Å². The third-order valence-corrected chi connectivity index (χ3v) is 4.41. The van der Waals surface area contributed by atoms with E-state index in [4.69, 9.17) is 0 Å². The summed E-state index contributed by atoms with van der Waals surface area (Å²) >= 11 is 0. The molecule has 27 heavy (non-hydrogen) atoms. The Morgan fingerprint density at radius 3 is 2.78 bits per heavy atom. The van der Waals surface area contributed by atoms with Crippen molar-refractivity contribution in [2.45, 2.75) is 39.8 Å². The molecule has 2 rings (SSSR count). The van der Waals surface area contributed by atoms with Gasteiger partial charge in [-0.15, -0.1) is 24.0 Å². The summed E-state index contributed by atoms with van der Waals surface area (Å²) in [6.45, 7) is 6.70. The molecule has 1 aliphatic rings. The molecule has 0 saturated carbocycles. The molecular formula is C19H31F2IN4O. The number of nitrogens with one attached hydrogen (secondary N) is 2. The zero-order chi connectivity index (χ0) is 18.8. The molecule has 1 unspecified atom stereocenters. The average Bonchev–Trinajstić information content (AvgIpc) is 3.06. The molecule has 0 amide bonds. The Hall–Kier alpha value is -1.16. The van der Waals surface area contributed by atoms with Gasteiger partial charge in [-0.05, 0) is 44.8 Å². The number of rotatable bonds is 9. The van der Waals surface area contributed by atoms with Crippen LogP contribution in [0.15, 0.2) is 29.3 Å². The summed E-state index contributed by atoms with van der Waals surface area (Å²) in [4.78, 5) is 7.02. The number of aliphatic imine (C=N–C) groups is 1. The van der Waals surface area contributed by atoms with E-state index in [1.165, 1.54) is 18.9 Å². The van der Waals surface area contributed by atoms with E-state index in [1.807, 2.05) is 6.92 Å². The molecule has 1 aliphatic heterocycles. The van der Waals surface area contributed by atoms with Gasteiger partial charge in [0.2, 0.25) is 0 Å². The van der Waals surface area contributed by atoms with E-state index >= 15 is 0 Å². The van der Waals surface area contributed by atoms with Gasteiger partial charge in [0, 0.05) is 25.2 Å². The van der Waals surface area contributed by atoms with Crippen molar-refractivity contribution in [3.05, 3.63) is 29.8 Å². The SMILES string of the molecule is CCCN1CCC(CNC(=NCc2ccccc2OC(F)F)NCC)C1.I. The summed E-state index contributed by atoms with van der Waals surface area (Å²) in [5, 5.41) is 6.59. The lowest BCUT2D eigenvalue weighted by Crippen LogP contribution is -2.40. The molecule has 0 radical (unpaired) electrons. The number of hydrogen-bond acceptors (Lipinski definition) is 3. The maximum atomic E-state index is 12.5. The number of benzene rings is 1. The van der Waals surface area contributed by atoms with Crippen LogP contribution in [-0.4, -0.2) is 50.2 Å². The molecule has 1 aromatic rings. The predicted octanol–water partition coefficient (Wildman–Crippen LogP) is 3.69. The fourth-order valence-corrected chi connectivity index (χ4v) is 3.19. The third kappa shape index (κ3) is 8.59. The van der Waals surface area contributed by atoms with Crippen LogP contribution in [-0.2, 0) is 6.54 Å². The van der Waals surface area contributed by atoms with E-state index in [-0.39, 0.29) is 36.3 Å². The average molecular weight is 496 g/mol. The summed E-state index contributed by atoms with van der Waals surface area (Å²) in [6.07, 6.45) is 2.38. The number of nitrogens with zero attached hydrogens (tertiary/aromatic N) is 2. The van der Waals surface area contributed by atoms with Crippen molar-refractivity contribution in [1.29, 1.82) is 0 Å². The molecule has 8 heteroatoms. The van der Waals surface area contributed by atoms with Crippen molar-refractivity contribution >= 4 is 29.9 Å². The van der Waals surface area contributed by atoms with Gasteiger partial charge in [-0.3, -0.25) is 0 Å². The smallest absolute Gasteiger partial charge is 0.387 e. The summed E-state index contributed by atoms with van der Waals surface area (Å²) in [5.74, 6) is 1.49. The lowest BCUT2D eigenvalue weighted by Gasteiger charge is -2.17. The zero-order valence-electron chi connectivity index (χ0n) is 16.1. The molecule has 0 aromatic heterocycles. The van der Waals surface area contributed by atoms with E-state index < -0.39 is 6.61 Å². The molecule has 1 aromatic carbocycles. The van der Waals surface area contributed by atoms with Gasteiger partial charge in [0.1, 0.15) is 5.75 Å². The highest BCUT2D eigenvalue weighted by Crippen LogP contribution is 2.21. The highest BCUT2D eigenvalue weighted by Gasteiger charge is 2.21. The number of halogens is 3. The highest BCUT2D eigenvalue weighted by atomic mass is 127. The van der Waals surface area contributed by atoms with Gasteiger partial charge >= 0.3 is 6.61 Å². The first-order valence-electron chi connectivity index (χ1n) is 9.39. The number of hydrogen-bond donors (Lipinski definition) is 2. The second-order valence-corrected chi connectivity index (χ2v) is 6.52. The number of likely N-dealkylation sites (tertiary alicyclic amines) is 1. The second-order valence-electron chi connectivity index (χ2n) is 6.52. The minimum atomic E-state index is -2.83. The van der Waals surface area contributed by atoms with Crippen LogP contribution in [0, 0.1) is 5.92 Å². The summed E-state index contributed by atoms with van der Waals surface area (Å²) < 4.78 is 29.6. The Kier molecular flexibility index (Phi) is 11.6. The Morgan fingerprint density at radius 1 is 1.30 bits per heavy atom. The highest BCUT2D eigenvalue weighted by molar-refractivity contribution is 14.0. The van der Waals surface area contributed by atoms with Gasteiger partial charge in [-0.25, -0.2) is 4.99 Å². The van der Waals surface area contributed by atoms with Crippen LogP contribution >= 0.6 is 24.0 Å². The van der Waals surface area contributed by atoms with E-state index in [0.717, 1.165) is 32.7 Å². The molecule has 1 atom stereocenters. The van der Waals surface area contributed by atoms with Crippen LogP contribution in [0.4, 0.5) is 8.78 Å². The lowest BCUT2D eigenvalue weighted by molar-refractivity contribution is -0.0504. The minimum absolute atomic E-state index is 0. The zero-order valence-corrected chi connectivity index (χ0v) is 18.4. The van der Waals surface area contributed by atoms with Crippen LogP contribution < -0.4 is 15.4 Å². The van der Waals surface area contributed by atoms with Gasteiger partial charge < -0.3 is 20.3 Å². The van der Waals surface area contributed by atoms with E-state index in [1.54, 1.807) is 18.2 Å². The van der Waals surface area contributed by atoms with Crippen LogP contribution in [0.2, 0.25) is 0 Å². The lowest BCUT2D eigenvalue weighted by atomic mass is 10.1. The van der Waals surface area contributed by atoms with Crippen molar-refractivity contribution < 1.29 is 13.5 Å². The summed E-state index contributed by atoms with van der Waals surface area (Å²) in [6, 6.07) is 6.77. The molecule has 5 nitrogen and oxygen atoms in total. The van der Waals surface area contributed by atoms with Crippen molar-refractivity contribution in [3.8, 4) is 5.75 Å². The molecular weight excluding hydrogens is 465 g/mol. The van der Waals surface area contributed by atoms with Gasteiger partial charge in [-0.2, -0.15) is 8.78 Å². The van der Waals surface area contributed by atoms with E-state index in [0.29, 0.717) is 17.4 Å². The predicted molar refractivity (Wildman–Crippen MR) is 116 cm³/mol. The van der Waals surface area contributed by atoms with Crippen LogP contribution in [0.3, 0.4) is 0 Å². The maximum Gasteiger partial charge on any atom is 0.387 e. The fraction of sp³-hybridized carbons (Fsp3) is 0.632. The molecule has 154 valence electrons. The first kappa shape index (κ1) is 23.9. The summed E-state index contributed by atoms with van der Waals surface area (Å²) in [7, 11) is 0. The Balaban J connectivity index is 0.00000364. The van der Waals surface area contributed by atoms with Crippen molar-refractivity contribution in [1.82, 2.24) is 15.5 Å². The molecule has 0 aliphatic carbocycles. The Bertz CT molecular complexity index is 574. The molecule has 0 spiro atoms. The largest absolute Gasteiger partial charge is 0.434 e. The van der Waals surface area contributed by atoms with Crippen molar-refractivity contribution in [3.63, 3.8) is 0 Å². The molecule has 1 fully saturated rings. The second kappa shape index (κ2) is 13.1. The number of para-hydroxylation sites is 1. The van der Waals surface area contributed by atoms with Crippen molar-refractivity contribution in [2.24, 2.45) is 10.9 Å². The van der Waals surface area contributed by atoms with E-state index in [2.05, 4.69) is 32.2 Å². The normalized spacial score (nSPS) is 17.7. The quantitative estimate of drug-likeness (QED) is 0.311. The standard InChI is InChI=1S/C19H30F2N4O.HI/c1-3-10-25-11-9-15(14-25)12-23-19(22-4-2)24-13-16-7-5-6-8-17(16)26-18(20)21;/h5-8,15,18H,3-4,9-14H2,1-2H3,(H2,22,23,24);1H. The number of ether oxygens (including phenoxy) is 1. The molecule has 1 saturated heterocycles. The van der Waals surface area contributed by atoms with Crippen LogP contribution in [0.5, 0.6) is 5.75 Å². The first-order valence-corrected chi connectivity index (χ1v) is 9.39. The topological polar surface area (TPSA) is 48.9 Å². The van der Waals surface area contributed by atoms with E-state index in [9.17, 15) is 8.78 Å². The first-order chi connectivity index (χ1) is 12.6.